The molecule has 4 aromatic rings. The molecule has 0 saturated heterocycles. The molecule has 0 spiro atoms. The molecular weight excluding hydrogens is 396 g/mol. The largest absolute Gasteiger partial charge is 0.465 e. The normalized spacial score (nSPS) is 11.9. The van der Waals surface area contributed by atoms with Gasteiger partial charge in [0.05, 0.1) is 16.8 Å². The van der Waals surface area contributed by atoms with Crippen molar-refractivity contribution in [2.75, 3.05) is 6.61 Å². The van der Waals surface area contributed by atoms with Gasteiger partial charge in [0.1, 0.15) is 6.54 Å². The second-order valence-corrected chi connectivity index (χ2v) is 8.13. The molecule has 0 N–H and O–H groups in total. The van der Waals surface area contributed by atoms with E-state index in [0.717, 1.165) is 32.1 Å². The third-order valence-corrected chi connectivity index (χ3v) is 6.15. The minimum Gasteiger partial charge on any atom is -0.465 e. The molecule has 1 amide bonds. The molecule has 0 radical (unpaired) electrons. The second-order valence-electron chi connectivity index (χ2n) is 7.12. The van der Waals surface area contributed by atoms with Gasteiger partial charge in [-0.1, -0.05) is 47.7 Å². The van der Waals surface area contributed by atoms with Crippen LogP contribution in [0.3, 0.4) is 0 Å². The van der Waals surface area contributed by atoms with Crippen molar-refractivity contribution < 1.29 is 14.3 Å². The minimum absolute atomic E-state index is 0.0119. The molecule has 1 heterocycles. The van der Waals surface area contributed by atoms with Gasteiger partial charge in [0, 0.05) is 5.56 Å². The Balaban J connectivity index is 1.89. The van der Waals surface area contributed by atoms with E-state index in [1.165, 1.54) is 11.3 Å². The molecule has 30 heavy (non-hydrogen) atoms. The van der Waals surface area contributed by atoms with E-state index in [9.17, 15) is 9.59 Å². The number of benzene rings is 3. The van der Waals surface area contributed by atoms with Crippen LogP contribution in [-0.2, 0) is 16.1 Å². The van der Waals surface area contributed by atoms with Crippen LogP contribution in [0.15, 0.2) is 59.6 Å². The number of hydrogen-bond donors (Lipinski definition) is 0. The summed E-state index contributed by atoms with van der Waals surface area (Å²) in [5.41, 5.74) is 3.69. The van der Waals surface area contributed by atoms with Gasteiger partial charge in [-0.05, 0) is 60.9 Å². The fraction of sp³-hybridized carbons (Fsp3) is 0.208. The summed E-state index contributed by atoms with van der Waals surface area (Å²) in [6.45, 7) is 6.16. The molecule has 0 unspecified atom stereocenters. The average molecular weight is 419 g/mol. The zero-order chi connectivity index (χ0) is 21.3. The van der Waals surface area contributed by atoms with Gasteiger partial charge in [0.25, 0.3) is 5.91 Å². The molecule has 0 fully saturated rings. The first-order chi connectivity index (χ1) is 14.5. The first kappa shape index (κ1) is 20.0. The van der Waals surface area contributed by atoms with Gasteiger partial charge < -0.3 is 9.30 Å². The third kappa shape index (κ3) is 3.78. The maximum Gasteiger partial charge on any atom is 0.326 e. The Hall–Kier alpha value is -3.25. The van der Waals surface area contributed by atoms with Crippen LogP contribution in [0.25, 0.3) is 21.0 Å². The maximum atomic E-state index is 13.1. The highest BCUT2D eigenvalue weighted by Gasteiger charge is 2.15. The van der Waals surface area contributed by atoms with Crippen molar-refractivity contribution in [3.63, 3.8) is 0 Å². The summed E-state index contributed by atoms with van der Waals surface area (Å²) in [5.74, 6) is -0.682. The Bertz CT molecular complexity index is 1340. The summed E-state index contributed by atoms with van der Waals surface area (Å²) in [4.78, 5) is 30.2. The van der Waals surface area contributed by atoms with Gasteiger partial charge >= 0.3 is 5.97 Å². The summed E-state index contributed by atoms with van der Waals surface area (Å²) < 4.78 is 7.89. The maximum absolute atomic E-state index is 13.1. The quantitative estimate of drug-likeness (QED) is 0.448. The van der Waals surface area contributed by atoms with Crippen LogP contribution in [-0.4, -0.2) is 23.1 Å². The van der Waals surface area contributed by atoms with Crippen molar-refractivity contribution >= 4 is 44.2 Å². The van der Waals surface area contributed by atoms with Gasteiger partial charge in [0.15, 0.2) is 4.80 Å². The van der Waals surface area contributed by atoms with E-state index < -0.39 is 0 Å². The predicted molar refractivity (Wildman–Crippen MR) is 120 cm³/mol. The Morgan fingerprint density at radius 3 is 2.57 bits per heavy atom. The standard InChI is InChI=1S/C24H22N2O3S/c1-4-29-22(27)14-26-20-12-15(2)16(3)13-21(20)30-24(26)25-23(28)19-11-7-9-17-8-5-6-10-18(17)19/h5-13H,4,14H2,1-3H3. The molecule has 4 rings (SSSR count). The van der Waals surface area contributed by atoms with Crippen molar-refractivity contribution in [3.05, 3.63) is 76.1 Å². The molecule has 5 nitrogen and oxygen atoms in total. The molecule has 3 aromatic carbocycles. The molecule has 0 aliphatic heterocycles. The van der Waals surface area contributed by atoms with Crippen LogP contribution in [0.1, 0.15) is 28.4 Å². The predicted octanol–water partition coefficient (Wildman–Crippen LogP) is 4.78. The number of aromatic nitrogens is 1. The lowest BCUT2D eigenvalue weighted by Crippen LogP contribution is -2.23. The number of fused-ring (bicyclic) bond motifs is 2. The number of amides is 1. The number of thiazole rings is 1. The minimum atomic E-state index is -0.352. The van der Waals surface area contributed by atoms with E-state index in [2.05, 4.69) is 11.1 Å². The number of hydrogen-bond acceptors (Lipinski definition) is 4. The first-order valence-electron chi connectivity index (χ1n) is 9.81. The molecule has 152 valence electrons. The Labute approximate surface area is 178 Å². The lowest BCUT2D eigenvalue weighted by atomic mass is 10.0. The van der Waals surface area contributed by atoms with Crippen molar-refractivity contribution in [1.82, 2.24) is 4.57 Å². The van der Waals surface area contributed by atoms with Crippen LogP contribution in [0, 0.1) is 13.8 Å². The number of rotatable bonds is 4. The van der Waals surface area contributed by atoms with Crippen molar-refractivity contribution in [2.45, 2.75) is 27.3 Å². The lowest BCUT2D eigenvalue weighted by Gasteiger charge is -2.07. The first-order valence-corrected chi connectivity index (χ1v) is 10.6. The van der Waals surface area contributed by atoms with Crippen molar-refractivity contribution in [1.29, 1.82) is 0 Å². The Kier molecular flexibility index (Phi) is 5.50. The zero-order valence-electron chi connectivity index (χ0n) is 17.1. The number of ether oxygens (including phenoxy) is 1. The van der Waals surface area contributed by atoms with E-state index in [0.29, 0.717) is 17.0 Å². The van der Waals surface area contributed by atoms with Crippen LogP contribution >= 0.6 is 11.3 Å². The molecule has 0 bridgehead atoms. The van der Waals surface area contributed by atoms with Gasteiger partial charge in [-0.25, -0.2) is 0 Å². The van der Waals surface area contributed by atoms with Crippen LogP contribution in [0.4, 0.5) is 0 Å². The highest BCUT2D eigenvalue weighted by Crippen LogP contribution is 2.23. The van der Waals surface area contributed by atoms with Crippen LogP contribution < -0.4 is 4.80 Å². The van der Waals surface area contributed by atoms with Crippen LogP contribution in [0.2, 0.25) is 0 Å². The van der Waals surface area contributed by atoms with E-state index in [1.807, 2.05) is 56.3 Å². The molecule has 0 saturated carbocycles. The van der Waals surface area contributed by atoms with Crippen molar-refractivity contribution in [2.24, 2.45) is 4.99 Å². The highest BCUT2D eigenvalue weighted by atomic mass is 32.1. The molecule has 6 heteroatoms. The average Bonchev–Trinajstić information content (AvgIpc) is 3.04. The molecular formula is C24H22N2O3S. The van der Waals surface area contributed by atoms with Gasteiger partial charge in [-0.2, -0.15) is 4.99 Å². The SMILES string of the molecule is CCOC(=O)Cn1c(=NC(=O)c2cccc3ccccc23)sc2cc(C)c(C)cc21. The van der Waals surface area contributed by atoms with Crippen molar-refractivity contribution in [3.8, 4) is 0 Å². The van der Waals surface area contributed by atoms with E-state index >= 15 is 0 Å². The zero-order valence-corrected chi connectivity index (χ0v) is 18.0. The smallest absolute Gasteiger partial charge is 0.326 e. The molecule has 1 aromatic heterocycles. The Morgan fingerprint density at radius 1 is 1.03 bits per heavy atom. The lowest BCUT2D eigenvalue weighted by molar-refractivity contribution is -0.143. The summed E-state index contributed by atoms with van der Waals surface area (Å²) in [6, 6.07) is 17.4. The molecule has 0 aliphatic rings. The number of nitrogens with zero attached hydrogens (tertiary/aromatic N) is 2. The summed E-state index contributed by atoms with van der Waals surface area (Å²) in [7, 11) is 0. The van der Waals surface area contributed by atoms with E-state index in [-0.39, 0.29) is 18.4 Å². The summed E-state index contributed by atoms with van der Waals surface area (Å²) in [5, 5.41) is 1.85. The van der Waals surface area contributed by atoms with Gasteiger partial charge in [0.2, 0.25) is 0 Å². The van der Waals surface area contributed by atoms with Crippen LogP contribution in [0.5, 0.6) is 0 Å². The number of carbonyl (C=O) groups excluding carboxylic acids is 2. The third-order valence-electron chi connectivity index (χ3n) is 5.11. The number of esters is 1. The summed E-state index contributed by atoms with van der Waals surface area (Å²) >= 11 is 1.40. The fourth-order valence-corrected chi connectivity index (χ4v) is 4.56. The second kappa shape index (κ2) is 8.24. The number of carbonyl (C=O) groups is 2. The topological polar surface area (TPSA) is 60.7 Å². The highest BCUT2D eigenvalue weighted by molar-refractivity contribution is 7.16. The van der Waals surface area contributed by atoms with E-state index in [1.54, 1.807) is 17.6 Å². The Morgan fingerprint density at radius 2 is 1.77 bits per heavy atom. The summed E-state index contributed by atoms with van der Waals surface area (Å²) in [6.07, 6.45) is 0. The fourth-order valence-electron chi connectivity index (χ4n) is 3.45. The molecule has 0 aliphatic carbocycles. The van der Waals surface area contributed by atoms with Gasteiger partial charge in [-0.15, -0.1) is 0 Å². The van der Waals surface area contributed by atoms with E-state index in [4.69, 9.17) is 4.74 Å². The monoisotopic (exact) mass is 418 g/mol. The number of aryl methyl sites for hydroxylation is 2. The molecule has 0 atom stereocenters. The van der Waals surface area contributed by atoms with Gasteiger partial charge in [-0.3, -0.25) is 9.59 Å².